The van der Waals surface area contributed by atoms with Crippen LogP contribution in [0.3, 0.4) is 0 Å². The lowest BCUT2D eigenvalue weighted by Crippen LogP contribution is -2.35. The molecule has 4 heterocycles. The van der Waals surface area contributed by atoms with E-state index < -0.39 is 48.5 Å². The van der Waals surface area contributed by atoms with Gasteiger partial charge in [-0.25, -0.2) is 14.4 Å². The number of hydrogen-bond donors (Lipinski definition) is 3. The average Bonchev–Trinajstić information content (AvgIpc) is 3.65. The highest BCUT2D eigenvalue weighted by molar-refractivity contribution is 7.10. The molecule has 2 amide bonds. The number of nitrogens with one attached hydrogen (secondary N) is 2. The third-order valence-corrected chi connectivity index (χ3v) is 7.18. The zero-order valence-electron chi connectivity index (χ0n) is 21.5. The number of carbonyl (C=O) groups excluding carboxylic acids is 1. The van der Waals surface area contributed by atoms with Crippen molar-refractivity contribution in [3.05, 3.63) is 86.6 Å². The minimum absolute atomic E-state index is 0.0755. The molecule has 3 aromatic rings. The summed E-state index contributed by atoms with van der Waals surface area (Å²) in [5.41, 5.74) is 0.523. The fourth-order valence-corrected chi connectivity index (χ4v) is 5.27. The Morgan fingerprint density at radius 2 is 1.95 bits per heavy atom. The van der Waals surface area contributed by atoms with E-state index in [1.54, 1.807) is 18.4 Å². The highest BCUT2D eigenvalue weighted by Gasteiger charge is 2.53. The van der Waals surface area contributed by atoms with Crippen LogP contribution in [0.5, 0.6) is 0 Å². The van der Waals surface area contributed by atoms with Crippen LogP contribution >= 0.6 is 11.3 Å². The molecular weight excluding hydrogens is 540 g/mol. The first-order chi connectivity index (χ1) is 19.4. The molecule has 2 aliphatic rings. The molecule has 0 saturated carbocycles. The van der Waals surface area contributed by atoms with Gasteiger partial charge in [0.25, 0.3) is 0 Å². The minimum atomic E-state index is -1.02. The summed E-state index contributed by atoms with van der Waals surface area (Å²) in [6, 6.07) is 12.2. The maximum atomic E-state index is 12.9. The van der Waals surface area contributed by atoms with Gasteiger partial charge in [0.15, 0.2) is 12.5 Å². The van der Waals surface area contributed by atoms with E-state index in [4.69, 9.17) is 18.9 Å². The number of rotatable bonds is 10. The number of carbonyl (C=O) groups is 2. The summed E-state index contributed by atoms with van der Waals surface area (Å²) >= 11 is 1.29. The topological polar surface area (TPSA) is 150 Å². The summed E-state index contributed by atoms with van der Waals surface area (Å²) < 4.78 is 25.6. The molecule has 2 saturated heterocycles. The van der Waals surface area contributed by atoms with Gasteiger partial charge in [0.1, 0.15) is 24.1 Å². The van der Waals surface area contributed by atoms with Crippen molar-refractivity contribution in [2.45, 2.75) is 44.4 Å². The van der Waals surface area contributed by atoms with Gasteiger partial charge in [-0.05, 0) is 36.1 Å². The molecule has 0 aliphatic carbocycles. The molecule has 1 aromatic carbocycles. The van der Waals surface area contributed by atoms with Gasteiger partial charge in [0.05, 0.1) is 18.8 Å². The Kier molecular flexibility index (Phi) is 8.67. The maximum Gasteiger partial charge on any atom is 0.351 e. The van der Waals surface area contributed by atoms with Crippen LogP contribution in [0, 0.1) is 0 Å². The predicted octanol–water partition coefficient (Wildman–Crippen LogP) is 3.08. The first-order valence-corrected chi connectivity index (χ1v) is 13.5. The number of aromatic nitrogens is 2. The second kappa shape index (κ2) is 12.5. The summed E-state index contributed by atoms with van der Waals surface area (Å²) in [6.45, 7) is 2.36. The van der Waals surface area contributed by atoms with E-state index in [1.807, 2.05) is 36.4 Å². The van der Waals surface area contributed by atoms with E-state index in [1.165, 1.54) is 34.2 Å². The van der Waals surface area contributed by atoms with Crippen LogP contribution in [0.15, 0.2) is 64.9 Å². The number of anilines is 1. The van der Waals surface area contributed by atoms with Crippen molar-refractivity contribution in [1.29, 1.82) is 0 Å². The Labute approximate surface area is 233 Å². The van der Waals surface area contributed by atoms with Crippen molar-refractivity contribution >= 4 is 35.2 Å². The fraction of sp³-hybridized carbons (Fsp3) is 0.333. The van der Waals surface area contributed by atoms with Gasteiger partial charge in [-0.3, -0.25) is 9.88 Å². The van der Waals surface area contributed by atoms with Crippen LogP contribution in [0.2, 0.25) is 0 Å². The van der Waals surface area contributed by atoms with E-state index in [-0.39, 0.29) is 24.6 Å². The highest BCUT2D eigenvalue weighted by Crippen LogP contribution is 2.39. The van der Waals surface area contributed by atoms with Crippen molar-refractivity contribution in [1.82, 2.24) is 14.9 Å². The van der Waals surface area contributed by atoms with Gasteiger partial charge in [-0.15, -0.1) is 11.3 Å². The van der Waals surface area contributed by atoms with E-state index in [0.29, 0.717) is 11.4 Å². The maximum absolute atomic E-state index is 12.9. The van der Waals surface area contributed by atoms with E-state index in [0.717, 1.165) is 5.56 Å². The number of hydrogen-bond acceptors (Lipinski definition) is 9. The van der Waals surface area contributed by atoms with Gasteiger partial charge < -0.3 is 29.4 Å². The van der Waals surface area contributed by atoms with Gasteiger partial charge >= 0.3 is 17.7 Å². The van der Waals surface area contributed by atoms with Crippen LogP contribution < -0.4 is 16.3 Å². The van der Waals surface area contributed by atoms with Gasteiger partial charge in [0, 0.05) is 17.6 Å². The third kappa shape index (κ3) is 6.29. The summed E-state index contributed by atoms with van der Waals surface area (Å²) in [6.07, 6.45) is 1.74. The van der Waals surface area contributed by atoms with E-state index >= 15 is 0 Å². The molecule has 2 fully saturated rings. The number of nitrogens with zero attached hydrogens (tertiary/aromatic N) is 2. The molecule has 5 rings (SSSR count). The zero-order valence-corrected chi connectivity index (χ0v) is 22.3. The lowest BCUT2D eigenvalue weighted by molar-refractivity contribution is -0.141. The number of fused-ring (bicyclic) bond motifs is 1. The second-order valence-corrected chi connectivity index (χ2v) is 9.97. The number of carboxylic acid groups (broad SMARTS) is 1. The number of benzene rings is 1. The lowest BCUT2D eigenvalue weighted by atomic mass is 10.1. The molecule has 2 unspecified atom stereocenters. The SMILES string of the molecule is CCNC(=O)Nc1ccn([C@@H]2O[C@H](COCc3sccc3C(=O)O)C3O[C@H](/C=C/c4ccccc4)OC32)c(=O)n1. The standard InChI is InChI=1S/C27H28N4O8S/c1-2-28-26(34)29-20-10-12-31(27(35)30-20)24-23-22(38-21(39-23)9-8-16-6-4-3-5-7-16)18(37-24)14-36-15-19-17(25(32)33)11-13-40-19/h3-13,18,21-24H,2,14-15H2,1H3,(H,32,33)(H2,28,29,30,34,35)/b9-8+/t18-,21+,22?,23?,24-/m1/s1. The van der Waals surface area contributed by atoms with E-state index in [9.17, 15) is 19.5 Å². The van der Waals surface area contributed by atoms with Crippen LogP contribution in [0.25, 0.3) is 6.08 Å². The van der Waals surface area contributed by atoms with Crippen molar-refractivity contribution in [2.24, 2.45) is 0 Å². The largest absolute Gasteiger partial charge is 0.478 e. The Hall–Kier alpha value is -3.88. The summed E-state index contributed by atoms with van der Waals surface area (Å²) in [7, 11) is 0. The molecule has 210 valence electrons. The molecule has 0 bridgehead atoms. The number of carboxylic acids is 1. The van der Waals surface area contributed by atoms with Crippen molar-refractivity contribution in [3.63, 3.8) is 0 Å². The summed E-state index contributed by atoms with van der Waals surface area (Å²) in [4.78, 5) is 40.7. The normalized spacial score (nSPS) is 23.8. The van der Waals surface area contributed by atoms with Gasteiger partial charge in [-0.2, -0.15) is 4.98 Å². The summed E-state index contributed by atoms with van der Waals surface area (Å²) in [5.74, 6) is -0.922. The number of aromatic carboxylic acids is 1. The monoisotopic (exact) mass is 568 g/mol. The average molecular weight is 569 g/mol. The fourth-order valence-electron chi connectivity index (χ4n) is 4.47. The highest BCUT2D eigenvalue weighted by atomic mass is 32.1. The molecule has 0 spiro atoms. The number of ether oxygens (including phenoxy) is 4. The molecule has 2 aromatic heterocycles. The Bertz CT molecular complexity index is 1430. The lowest BCUT2D eigenvalue weighted by Gasteiger charge is -2.20. The Balaban J connectivity index is 1.32. The summed E-state index contributed by atoms with van der Waals surface area (Å²) in [5, 5.41) is 16.1. The molecule has 3 N–H and O–H groups in total. The molecule has 13 heteroatoms. The van der Waals surface area contributed by atoms with Gasteiger partial charge in [0.2, 0.25) is 0 Å². The quantitative estimate of drug-likeness (QED) is 0.335. The Morgan fingerprint density at radius 3 is 2.70 bits per heavy atom. The zero-order chi connectivity index (χ0) is 28.1. The number of thiophene rings is 1. The molecule has 2 aliphatic heterocycles. The van der Waals surface area contributed by atoms with Crippen LogP contribution in [0.1, 0.15) is 34.0 Å². The molecule has 5 atom stereocenters. The smallest absolute Gasteiger partial charge is 0.351 e. The van der Waals surface area contributed by atoms with Crippen molar-refractivity contribution < 1.29 is 33.6 Å². The van der Waals surface area contributed by atoms with Crippen LogP contribution in [-0.2, 0) is 25.6 Å². The van der Waals surface area contributed by atoms with Crippen LogP contribution in [-0.4, -0.2) is 64.4 Å². The van der Waals surface area contributed by atoms with Gasteiger partial charge in [-0.1, -0.05) is 36.4 Å². The first kappa shape index (κ1) is 27.7. The molecule has 12 nitrogen and oxygen atoms in total. The molecular formula is C27H28N4O8S. The predicted molar refractivity (Wildman–Crippen MR) is 145 cm³/mol. The molecule has 40 heavy (non-hydrogen) atoms. The van der Waals surface area contributed by atoms with Crippen molar-refractivity contribution in [3.8, 4) is 0 Å². The minimum Gasteiger partial charge on any atom is -0.478 e. The van der Waals surface area contributed by atoms with Crippen LogP contribution in [0.4, 0.5) is 10.6 Å². The Morgan fingerprint density at radius 1 is 1.15 bits per heavy atom. The van der Waals surface area contributed by atoms with E-state index in [2.05, 4.69) is 15.6 Å². The first-order valence-electron chi connectivity index (χ1n) is 12.6. The third-order valence-electron chi connectivity index (χ3n) is 6.29. The van der Waals surface area contributed by atoms with Crippen molar-refractivity contribution in [2.75, 3.05) is 18.5 Å². The number of urea groups is 1. The molecule has 0 radical (unpaired) electrons. The number of amides is 2. The second-order valence-electron chi connectivity index (χ2n) is 8.97.